The monoisotopic (exact) mass is 204 g/mol. The highest BCUT2D eigenvalue weighted by Crippen LogP contribution is 2.43. The van der Waals surface area contributed by atoms with Gasteiger partial charge in [0.25, 0.3) is 0 Å². The molecule has 1 fully saturated rings. The van der Waals surface area contributed by atoms with Crippen LogP contribution >= 0.6 is 0 Å². The normalized spacial score (nSPS) is 35.8. The molecule has 3 N–H and O–H groups in total. The molecule has 0 aromatic carbocycles. The summed E-state index contributed by atoms with van der Waals surface area (Å²) >= 11 is 0. The minimum atomic E-state index is -1.11. The first-order valence-electron chi connectivity index (χ1n) is 5.43. The van der Waals surface area contributed by atoms with Crippen molar-refractivity contribution < 1.29 is 15.3 Å². The third-order valence-corrected chi connectivity index (χ3v) is 3.20. The zero-order valence-corrected chi connectivity index (χ0v) is 9.75. The maximum atomic E-state index is 9.97. The molecular weight excluding hydrogens is 180 g/mol. The number of aliphatic hydroxyl groups is 3. The average Bonchev–Trinajstić information content (AvgIpc) is 2.16. The average molecular weight is 204 g/mol. The van der Waals surface area contributed by atoms with Crippen molar-refractivity contribution in [2.75, 3.05) is 6.61 Å². The Bertz CT molecular complexity index is 168. The molecule has 0 bridgehead atoms. The minimum Gasteiger partial charge on any atom is -0.393 e. The van der Waals surface area contributed by atoms with Crippen LogP contribution in [0.2, 0.25) is 0 Å². The smallest absolute Gasteiger partial charge is 0.0952 e. The van der Waals surface area contributed by atoms with Gasteiger partial charge in [0.15, 0.2) is 0 Å². The maximum absolute atomic E-state index is 9.97. The minimum absolute atomic E-state index is 0.267. The van der Waals surface area contributed by atoms with Gasteiger partial charge in [0, 0.05) is 6.42 Å². The van der Waals surface area contributed by atoms with Crippen molar-refractivity contribution >= 4 is 0 Å². The Morgan fingerprint density at radius 3 is 2.14 bits per heavy atom. The topological polar surface area (TPSA) is 60.7 Å². The molecule has 0 aromatic rings. The molecule has 0 aliphatic heterocycles. The molecule has 1 aliphatic carbocycles. The molecule has 3 heteroatoms. The fourth-order valence-corrected chi connectivity index (χ4v) is 1.81. The van der Waals surface area contributed by atoms with E-state index >= 15 is 0 Å². The third-order valence-electron chi connectivity index (χ3n) is 3.20. The summed E-state index contributed by atoms with van der Waals surface area (Å²) in [5.41, 5.74) is -1.40. The number of rotatable bonds is 1. The van der Waals surface area contributed by atoms with E-state index in [0.29, 0.717) is 0 Å². The molecule has 3 nitrogen and oxygen atoms in total. The Morgan fingerprint density at radius 2 is 1.79 bits per heavy atom. The Hall–Kier alpha value is -0.120. The van der Waals surface area contributed by atoms with Crippen LogP contribution in [-0.2, 0) is 0 Å². The lowest BCUT2D eigenvalue weighted by Crippen LogP contribution is -2.53. The Kier molecular flexibility index (Phi) is 5.06. The molecular formula is C11H24O3. The third kappa shape index (κ3) is 2.69. The summed E-state index contributed by atoms with van der Waals surface area (Å²) in [6.45, 7) is 7.58. The fourth-order valence-electron chi connectivity index (χ4n) is 1.81. The van der Waals surface area contributed by atoms with Crippen molar-refractivity contribution in [3.05, 3.63) is 0 Å². The molecule has 0 spiro atoms. The van der Waals surface area contributed by atoms with Crippen LogP contribution in [-0.4, -0.2) is 33.6 Å². The van der Waals surface area contributed by atoms with Crippen LogP contribution in [0.5, 0.6) is 0 Å². The van der Waals surface area contributed by atoms with E-state index in [1.54, 1.807) is 0 Å². The van der Waals surface area contributed by atoms with Gasteiger partial charge in [-0.1, -0.05) is 27.7 Å². The van der Waals surface area contributed by atoms with Crippen LogP contribution in [0, 0.1) is 5.41 Å². The summed E-state index contributed by atoms with van der Waals surface area (Å²) in [7, 11) is 0. The SMILES string of the molecule is CC.CC1(C)CC[C@H](O)C[C@]1(O)CO. The van der Waals surface area contributed by atoms with Gasteiger partial charge in [0.05, 0.1) is 18.3 Å². The summed E-state index contributed by atoms with van der Waals surface area (Å²) in [4.78, 5) is 0. The first-order valence-corrected chi connectivity index (χ1v) is 5.43. The van der Waals surface area contributed by atoms with Gasteiger partial charge in [0.1, 0.15) is 0 Å². The van der Waals surface area contributed by atoms with Gasteiger partial charge in [-0.15, -0.1) is 0 Å². The molecule has 0 aromatic heterocycles. The van der Waals surface area contributed by atoms with Crippen LogP contribution in [0.4, 0.5) is 0 Å². The summed E-state index contributed by atoms with van der Waals surface area (Å²) in [6.07, 6.45) is 1.30. The second-order valence-corrected chi connectivity index (χ2v) is 4.47. The van der Waals surface area contributed by atoms with Crippen LogP contribution < -0.4 is 0 Å². The van der Waals surface area contributed by atoms with Crippen molar-refractivity contribution in [2.24, 2.45) is 5.41 Å². The van der Waals surface area contributed by atoms with Crippen molar-refractivity contribution in [1.29, 1.82) is 0 Å². The lowest BCUT2D eigenvalue weighted by atomic mass is 9.65. The number of aliphatic hydroxyl groups excluding tert-OH is 2. The van der Waals surface area contributed by atoms with Gasteiger partial charge in [0.2, 0.25) is 0 Å². The van der Waals surface area contributed by atoms with E-state index in [0.717, 1.165) is 12.8 Å². The molecule has 2 atom stereocenters. The van der Waals surface area contributed by atoms with Gasteiger partial charge in [-0.3, -0.25) is 0 Å². The van der Waals surface area contributed by atoms with E-state index in [4.69, 9.17) is 5.11 Å². The van der Waals surface area contributed by atoms with Gasteiger partial charge >= 0.3 is 0 Å². The summed E-state index contributed by atoms with van der Waals surface area (Å²) in [5, 5.41) is 28.3. The van der Waals surface area contributed by atoms with E-state index in [2.05, 4.69) is 0 Å². The Balaban J connectivity index is 0.000000791. The molecule has 1 saturated carbocycles. The highest BCUT2D eigenvalue weighted by Gasteiger charge is 2.47. The molecule has 86 valence electrons. The van der Waals surface area contributed by atoms with Crippen LogP contribution in [0.3, 0.4) is 0 Å². The van der Waals surface area contributed by atoms with E-state index < -0.39 is 11.7 Å². The fraction of sp³-hybridized carbons (Fsp3) is 1.00. The molecule has 0 heterocycles. The van der Waals surface area contributed by atoms with E-state index in [-0.39, 0.29) is 18.4 Å². The lowest BCUT2D eigenvalue weighted by Gasteiger charge is -2.46. The molecule has 1 rings (SSSR count). The molecule has 0 radical (unpaired) electrons. The van der Waals surface area contributed by atoms with E-state index in [9.17, 15) is 10.2 Å². The van der Waals surface area contributed by atoms with Crippen LogP contribution in [0.1, 0.15) is 47.0 Å². The lowest BCUT2D eigenvalue weighted by molar-refractivity contribution is -0.153. The first kappa shape index (κ1) is 13.9. The summed E-state index contributed by atoms with van der Waals surface area (Å²) in [5.74, 6) is 0. The Labute approximate surface area is 86.8 Å². The summed E-state index contributed by atoms with van der Waals surface area (Å²) < 4.78 is 0. The Morgan fingerprint density at radius 1 is 1.29 bits per heavy atom. The summed E-state index contributed by atoms with van der Waals surface area (Å²) in [6, 6.07) is 0. The van der Waals surface area contributed by atoms with Crippen molar-refractivity contribution in [2.45, 2.75) is 58.7 Å². The van der Waals surface area contributed by atoms with Crippen molar-refractivity contribution in [1.82, 2.24) is 0 Å². The van der Waals surface area contributed by atoms with Gasteiger partial charge in [-0.05, 0) is 18.3 Å². The molecule has 0 amide bonds. The van der Waals surface area contributed by atoms with E-state index in [1.165, 1.54) is 0 Å². The quantitative estimate of drug-likeness (QED) is 0.603. The van der Waals surface area contributed by atoms with Gasteiger partial charge in [-0.25, -0.2) is 0 Å². The zero-order valence-electron chi connectivity index (χ0n) is 9.75. The van der Waals surface area contributed by atoms with Crippen LogP contribution in [0.15, 0.2) is 0 Å². The van der Waals surface area contributed by atoms with E-state index in [1.807, 2.05) is 27.7 Å². The highest BCUT2D eigenvalue weighted by molar-refractivity contribution is 4.98. The highest BCUT2D eigenvalue weighted by atomic mass is 16.3. The van der Waals surface area contributed by atoms with Crippen molar-refractivity contribution in [3.8, 4) is 0 Å². The molecule has 14 heavy (non-hydrogen) atoms. The zero-order chi connectivity index (χ0) is 11.4. The maximum Gasteiger partial charge on any atom is 0.0952 e. The molecule has 1 aliphatic rings. The van der Waals surface area contributed by atoms with Crippen LogP contribution in [0.25, 0.3) is 0 Å². The largest absolute Gasteiger partial charge is 0.393 e. The standard InChI is InChI=1S/C9H18O3.C2H6/c1-8(2)4-3-7(11)5-9(8,12)6-10;1-2/h7,10-12H,3-6H2,1-2H3;1-2H3/t7-,9-;/m0./s1. The van der Waals surface area contributed by atoms with Gasteiger partial charge < -0.3 is 15.3 Å². The second kappa shape index (κ2) is 5.10. The number of hydrogen-bond donors (Lipinski definition) is 3. The van der Waals surface area contributed by atoms with Crippen molar-refractivity contribution in [3.63, 3.8) is 0 Å². The number of hydrogen-bond acceptors (Lipinski definition) is 3. The first-order chi connectivity index (χ1) is 6.41. The predicted octanol–water partition coefficient (Wildman–Crippen LogP) is 1.31. The molecule has 0 unspecified atom stereocenters. The van der Waals surface area contributed by atoms with Gasteiger partial charge in [-0.2, -0.15) is 0 Å². The second-order valence-electron chi connectivity index (χ2n) is 4.47. The molecule has 0 saturated heterocycles. The predicted molar refractivity (Wildman–Crippen MR) is 57.0 cm³/mol.